The van der Waals surface area contributed by atoms with Crippen LogP contribution in [0.15, 0.2) is 28.7 Å². The largest absolute Gasteiger partial charge is 0.543 e. The Balaban J connectivity index is 2.33. The van der Waals surface area contributed by atoms with E-state index in [1.54, 1.807) is 13.0 Å². The Hall–Kier alpha value is -2.21. The summed E-state index contributed by atoms with van der Waals surface area (Å²) in [5, 5.41) is 10.9. The van der Waals surface area contributed by atoms with Gasteiger partial charge in [0.25, 0.3) is 0 Å². The summed E-state index contributed by atoms with van der Waals surface area (Å²) >= 11 is 3.15. The summed E-state index contributed by atoms with van der Waals surface area (Å²) in [7, 11) is 0. The molecule has 1 aromatic carbocycles. The van der Waals surface area contributed by atoms with Crippen molar-refractivity contribution in [1.82, 2.24) is 4.98 Å². The van der Waals surface area contributed by atoms with Crippen molar-refractivity contribution in [3.05, 3.63) is 62.6 Å². The molecule has 0 spiro atoms. The van der Waals surface area contributed by atoms with E-state index in [1.807, 2.05) is 0 Å². The van der Waals surface area contributed by atoms with Gasteiger partial charge < -0.3 is 14.9 Å². The molecule has 6 heteroatoms. The predicted molar refractivity (Wildman–Crippen MR) is 82.1 cm³/mol. The van der Waals surface area contributed by atoms with E-state index in [0.29, 0.717) is 15.7 Å². The molecule has 1 aromatic heterocycles. The smallest absolute Gasteiger partial charge is 0.187 e. The highest BCUT2D eigenvalue weighted by Gasteiger charge is 2.16. The molecular weight excluding hydrogens is 353 g/mol. The van der Waals surface area contributed by atoms with Crippen molar-refractivity contribution in [3.8, 4) is 0 Å². The predicted octanol–water partition coefficient (Wildman–Crippen LogP) is 2.79. The van der Waals surface area contributed by atoms with E-state index in [-0.39, 0.29) is 16.8 Å². The minimum atomic E-state index is -1.37. The first-order valence-corrected chi connectivity index (χ1v) is 7.18. The Morgan fingerprint density at radius 1 is 1.32 bits per heavy atom. The van der Waals surface area contributed by atoms with Crippen LogP contribution in [0.4, 0.5) is 4.39 Å². The minimum absolute atomic E-state index is 0.121. The molecule has 0 unspecified atom stereocenters. The highest BCUT2D eigenvalue weighted by molar-refractivity contribution is 9.10. The first-order valence-electron chi connectivity index (χ1n) is 6.39. The number of allylic oxidation sites excluding steroid dienone is 1. The zero-order valence-electron chi connectivity index (χ0n) is 11.9. The first kappa shape index (κ1) is 16.2. The van der Waals surface area contributed by atoms with Gasteiger partial charge in [-0.3, -0.25) is 4.79 Å². The average molecular weight is 365 g/mol. The molecule has 4 nitrogen and oxygen atoms in total. The van der Waals surface area contributed by atoms with Crippen molar-refractivity contribution >= 4 is 33.8 Å². The lowest BCUT2D eigenvalue weighted by molar-refractivity contribution is -0.255. The molecule has 0 saturated heterocycles. The maximum absolute atomic E-state index is 13.7. The lowest BCUT2D eigenvalue weighted by Gasteiger charge is -2.01. The lowest BCUT2D eigenvalue weighted by atomic mass is 10.0. The Bertz CT molecular complexity index is 793. The van der Waals surface area contributed by atoms with Crippen LogP contribution in [0.25, 0.3) is 6.08 Å². The molecule has 0 atom stereocenters. The van der Waals surface area contributed by atoms with Crippen molar-refractivity contribution < 1.29 is 19.1 Å². The fourth-order valence-electron chi connectivity index (χ4n) is 2.21. The fraction of sp³-hybridized carbons (Fsp3) is 0.125. The Labute approximate surface area is 134 Å². The monoisotopic (exact) mass is 364 g/mol. The minimum Gasteiger partial charge on any atom is -0.543 e. The molecule has 0 aliphatic carbocycles. The number of hydrogen-bond acceptors (Lipinski definition) is 3. The number of carboxylic acids is 1. The van der Waals surface area contributed by atoms with E-state index in [1.165, 1.54) is 31.2 Å². The molecule has 0 saturated carbocycles. The summed E-state index contributed by atoms with van der Waals surface area (Å²) in [6.45, 7) is 3.12. The van der Waals surface area contributed by atoms with Crippen molar-refractivity contribution in [1.29, 1.82) is 0 Å². The molecule has 2 aromatic rings. The lowest BCUT2D eigenvalue weighted by Crippen LogP contribution is -2.23. The number of nitrogens with one attached hydrogen (secondary N) is 1. The van der Waals surface area contributed by atoms with E-state index < -0.39 is 17.6 Å². The average Bonchev–Trinajstić information content (AvgIpc) is 2.73. The molecule has 0 aliphatic rings. The van der Waals surface area contributed by atoms with Crippen LogP contribution in [0.2, 0.25) is 0 Å². The van der Waals surface area contributed by atoms with Crippen molar-refractivity contribution in [2.24, 2.45) is 0 Å². The zero-order valence-corrected chi connectivity index (χ0v) is 13.5. The van der Waals surface area contributed by atoms with Crippen molar-refractivity contribution in [2.75, 3.05) is 0 Å². The van der Waals surface area contributed by atoms with Gasteiger partial charge in [0, 0.05) is 21.3 Å². The van der Waals surface area contributed by atoms with Crippen LogP contribution < -0.4 is 5.11 Å². The summed E-state index contributed by atoms with van der Waals surface area (Å²) in [4.78, 5) is 25.8. The molecule has 2 rings (SSSR count). The van der Waals surface area contributed by atoms with Gasteiger partial charge in [-0.2, -0.15) is 0 Å². The number of carbonyl (C=O) groups excluding carboxylic acids is 2. The molecule has 114 valence electrons. The Kier molecular flexibility index (Phi) is 4.61. The number of ketones is 1. The van der Waals surface area contributed by atoms with Gasteiger partial charge in [-0.15, -0.1) is 0 Å². The van der Waals surface area contributed by atoms with Gasteiger partial charge in [-0.1, -0.05) is 22.0 Å². The summed E-state index contributed by atoms with van der Waals surface area (Å²) in [6.07, 6.45) is 2.57. The van der Waals surface area contributed by atoms with Gasteiger partial charge >= 0.3 is 0 Å². The first-order chi connectivity index (χ1) is 10.3. The van der Waals surface area contributed by atoms with Gasteiger partial charge in [-0.25, -0.2) is 4.39 Å². The van der Waals surface area contributed by atoms with Crippen molar-refractivity contribution in [3.63, 3.8) is 0 Å². The number of hydrogen-bond donors (Lipinski definition) is 1. The number of H-pyrrole nitrogens is 1. The van der Waals surface area contributed by atoms with Gasteiger partial charge in [-0.05, 0) is 43.7 Å². The molecule has 0 radical (unpaired) electrons. The summed E-state index contributed by atoms with van der Waals surface area (Å²) in [5.41, 5.74) is 1.14. The maximum Gasteiger partial charge on any atom is 0.187 e. The molecule has 0 aliphatic heterocycles. The van der Waals surface area contributed by atoms with Crippen LogP contribution >= 0.6 is 15.9 Å². The summed E-state index contributed by atoms with van der Waals surface area (Å²) < 4.78 is 14.3. The third-order valence-corrected chi connectivity index (χ3v) is 3.76. The number of halogens is 2. The quantitative estimate of drug-likeness (QED) is 0.669. The normalized spacial score (nSPS) is 11.1. The summed E-state index contributed by atoms with van der Waals surface area (Å²) in [6, 6.07) is 4.49. The standard InChI is InChI=1S/C16H13BrFNO3/c1-8-14(9(2)19-15(8)16(21)22)13(20)6-4-10-3-5-11(17)7-12(10)18/h3-7,19H,1-2H3,(H,21,22)/p-1/b6-4+. The number of aryl methyl sites for hydroxylation is 1. The van der Waals surface area contributed by atoms with E-state index in [4.69, 9.17) is 0 Å². The highest BCUT2D eigenvalue weighted by Crippen LogP contribution is 2.20. The van der Waals surface area contributed by atoms with E-state index >= 15 is 0 Å². The third kappa shape index (κ3) is 3.17. The molecule has 1 heterocycles. The van der Waals surface area contributed by atoms with Gasteiger partial charge in [0.05, 0.1) is 11.7 Å². The fourth-order valence-corrected chi connectivity index (χ4v) is 2.54. The Morgan fingerprint density at radius 2 is 2.00 bits per heavy atom. The van der Waals surface area contributed by atoms with Crippen molar-refractivity contribution in [2.45, 2.75) is 13.8 Å². The SMILES string of the molecule is Cc1[nH]c(C(=O)[O-])c(C)c1C(=O)/C=C/c1ccc(Br)cc1F. The number of benzene rings is 1. The molecule has 0 fully saturated rings. The van der Waals surface area contributed by atoms with Crippen LogP contribution in [-0.4, -0.2) is 16.7 Å². The van der Waals surface area contributed by atoms with E-state index in [9.17, 15) is 19.1 Å². The second kappa shape index (κ2) is 6.27. The molecule has 1 N–H and O–H groups in total. The number of aromatic amines is 1. The number of aromatic carboxylic acids is 1. The molecule has 0 amide bonds. The summed E-state index contributed by atoms with van der Waals surface area (Å²) in [5.74, 6) is -2.24. The van der Waals surface area contributed by atoms with Crippen LogP contribution in [-0.2, 0) is 0 Å². The number of carbonyl (C=O) groups is 2. The van der Waals surface area contributed by atoms with Gasteiger partial charge in [0.2, 0.25) is 0 Å². The number of rotatable bonds is 4. The maximum atomic E-state index is 13.7. The van der Waals surface area contributed by atoms with Gasteiger partial charge in [0.1, 0.15) is 5.82 Å². The second-order valence-electron chi connectivity index (χ2n) is 4.78. The number of aromatic nitrogens is 1. The zero-order chi connectivity index (χ0) is 16.4. The van der Waals surface area contributed by atoms with E-state index in [2.05, 4.69) is 20.9 Å². The highest BCUT2D eigenvalue weighted by atomic mass is 79.9. The van der Waals surface area contributed by atoms with Crippen LogP contribution in [0.5, 0.6) is 0 Å². The molecule has 0 bridgehead atoms. The Morgan fingerprint density at radius 3 is 2.55 bits per heavy atom. The van der Waals surface area contributed by atoms with Crippen LogP contribution in [0.1, 0.15) is 37.7 Å². The van der Waals surface area contributed by atoms with Gasteiger partial charge in [0.15, 0.2) is 5.78 Å². The molecular formula is C16H12BrFNO3-. The topological polar surface area (TPSA) is 73.0 Å². The van der Waals surface area contributed by atoms with Crippen LogP contribution in [0.3, 0.4) is 0 Å². The molecule has 22 heavy (non-hydrogen) atoms. The number of carboxylic acid groups (broad SMARTS) is 1. The third-order valence-electron chi connectivity index (χ3n) is 3.26. The second-order valence-corrected chi connectivity index (χ2v) is 5.69. The van der Waals surface area contributed by atoms with E-state index in [0.717, 1.165) is 0 Å². The van der Waals surface area contributed by atoms with Crippen LogP contribution in [0, 0.1) is 19.7 Å².